The molecule has 22 heavy (non-hydrogen) atoms. The molecule has 1 N–H and O–H groups in total. The van der Waals surface area contributed by atoms with Crippen LogP contribution < -0.4 is 0 Å². The third-order valence-electron chi connectivity index (χ3n) is 3.04. The van der Waals surface area contributed by atoms with Crippen LogP contribution in [0.3, 0.4) is 0 Å². The third-order valence-corrected chi connectivity index (χ3v) is 3.68. The Kier molecular flexibility index (Phi) is 6.50. The number of hydrogen-bond donors (Lipinski definition) is 1. The fraction of sp³-hybridized carbons (Fsp3) is 0.0526. The van der Waals surface area contributed by atoms with Gasteiger partial charge in [-0.3, -0.25) is 0 Å². The van der Waals surface area contributed by atoms with Crippen molar-refractivity contribution in [3.63, 3.8) is 0 Å². The van der Waals surface area contributed by atoms with Gasteiger partial charge in [-0.1, -0.05) is 91.0 Å². The van der Waals surface area contributed by atoms with Crippen molar-refractivity contribution in [2.45, 2.75) is 6.16 Å². The Labute approximate surface area is 132 Å². The molecule has 1 atom stereocenters. The van der Waals surface area contributed by atoms with Crippen LogP contribution in [-0.2, 0) is 10.7 Å². The van der Waals surface area contributed by atoms with Crippen molar-refractivity contribution in [3.05, 3.63) is 96.6 Å². The molecule has 0 aliphatic rings. The summed E-state index contributed by atoms with van der Waals surface area (Å²) in [5.74, 6) is 0. The Balaban J connectivity index is 0.000000164. The lowest BCUT2D eigenvalue weighted by molar-refractivity contribution is 0.502. The minimum absolute atomic E-state index is 0.260. The van der Waals surface area contributed by atoms with Crippen LogP contribution in [0, 0.1) is 0 Å². The maximum absolute atomic E-state index is 10.3. The van der Waals surface area contributed by atoms with E-state index in [0.29, 0.717) is 0 Å². The van der Waals surface area contributed by atoms with E-state index in [1.54, 1.807) is 0 Å². The minimum atomic E-state index is -2.03. The topological polar surface area (TPSA) is 37.3 Å². The van der Waals surface area contributed by atoms with Crippen LogP contribution in [0.25, 0.3) is 11.1 Å². The van der Waals surface area contributed by atoms with Gasteiger partial charge in [-0.25, -0.2) is 0 Å². The second-order valence-corrected chi connectivity index (χ2v) is 5.75. The van der Waals surface area contributed by atoms with Gasteiger partial charge in [0.15, 0.2) is 0 Å². The lowest BCUT2D eigenvalue weighted by Gasteiger charge is -1.98. The zero-order valence-electron chi connectivity index (χ0n) is 12.2. The van der Waals surface area contributed by atoms with Crippen molar-refractivity contribution in [3.8, 4) is 11.1 Å². The van der Waals surface area contributed by atoms with Crippen molar-refractivity contribution in [2.24, 2.45) is 0 Å². The average Bonchev–Trinajstić information content (AvgIpc) is 2.57. The highest BCUT2D eigenvalue weighted by atomic mass is 31.1. The molecular formula is C19H18O2P+. The molecule has 2 nitrogen and oxygen atoms in total. The van der Waals surface area contributed by atoms with E-state index in [1.165, 1.54) is 11.1 Å². The van der Waals surface area contributed by atoms with E-state index in [2.05, 4.69) is 48.5 Å². The van der Waals surface area contributed by atoms with Gasteiger partial charge >= 0.3 is 8.03 Å². The minimum Gasteiger partial charge on any atom is -0.160 e. The molecule has 3 heteroatoms. The molecule has 3 aromatic rings. The molecule has 0 aromatic heterocycles. The van der Waals surface area contributed by atoms with Gasteiger partial charge in [-0.2, -0.15) is 4.89 Å². The predicted molar refractivity (Wildman–Crippen MR) is 91.8 cm³/mol. The molecule has 110 valence electrons. The van der Waals surface area contributed by atoms with E-state index >= 15 is 0 Å². The fourth-order valence-corrected chi connectivity index (χ4v) is 2.52. The maximum atomic E-state index is 10.3. The standard InChI is InChI=1S/C12H10.C7H7O2P/c1-3-7-11(8-4-1)12-9-5-2-6-10-12;8-10(9)6-7-4-2-1-3-5-7/h1-10H;1-5H,6H2/p+1. The van der Waals surface area contributed by atoms with Crippen molar-refractivity contribution in [1.82, 2.24) is 0 Å². The molecule has 0 bridgehead atoms. The van der Waals surface area contributed by atoms with Gasteiger partial charge in [-0.15, -0.1) is 0 Å². The summed E-state index contributed by atoms with van der Waals surface area (Å²) in [6.07, 6.45) is 0.260. The molecule has 0 radical (unpaired) electrons. The second kappa shape index (κ2) is 8.89. The van der Waals surface area contributed by atoms with E-state index in [0.717, 1.165) is 5.56 Å². The Hall–Kier alpha value is -2.28. The smallest absolute Gasteiger partial charge is 0.160 e. The lowest BCUT2D eigenvalue weighted by Crippen LogP contribution is -1.75. The maximum Gasteiger partial charge on any atom is 0.510 e. The molecule has 0 aliphatic carbocycles. The van der Waals surface area contributed by atoms with Gasteiger partial charge in [-0.05, 0) is 15.7 Å². The van der Waals surface area contributed by atoms with Crippen molar-refractivity contribution < 1.29 is 9.46 Å². The highest BCUT2D eigenvalue weighted by molar-refractivity contribution is 7.37. The highest BCUT2D eigenvalue weighted by Gasteiger charge is 2.09. The summed E-state index contributed by atoms with van der Waals surface area (Å²) in [5.41, 5.74) is 3.46. The van der Waals surface area contributed by atoms with Gasteiger partial charge in [0, 0.05) is 5.56 Å². The summed E-state index contributed by atoms with van der Waals surface area (Å²) >= 11 is 0. The van der Waals surface area contributed by atoms with Gasteiger partial charge in [0.1, 0.15) is 0 Å². The summed E-state index contributed by atoms with van der Waals surface area (Å²) < 4.78 is 10.3. The van der Waals surface area contributed by atoms with E-state index < -0.39 is 8.03 Å². The first kappa shape index (κ1) is 16.1. The van der Waals surface area contributed by atoms with E-state index in [9.17, 15) is 4.57 Å². The molecule has 3 aromatic carbocycles. The normalized spacial score (nSPS) is 10.3. The average molecular weight is 309 g/mol. The SMILES string of the molecule is O=[P+](O)Cc1ccccc1.c1ccc(-c2ccccc2)cc1. The van der Waals surface area contributed by atoms with Crippen molar-refractivity contribution in [2.75, 3.05) is 0 Å². The summed E-state index contributed by atoms with van der Waals surface area (Å²) in [7, 11) is -2.03. The largest absolute Gasteiger partial charge is 0.510 e. The number of rotatable bonds is 3. The lowest BCUT2D eigenvalue weighted by atomic mass is 10.1. The molecular weight excluding hydrogens is 291 g/mol. The quantitative estimate of drug-likeness (QED) is 0.669. The zero-order valence-corrected chi connectivity index (χ0v) is 13.1. The van der Waals surface area contributed by atoms with Crippen LogP contribution in [-0.4, -0.2) is 4.89 Å². The van der Waals surface area contributed by atoms with E-state index in [-0.39, 0.29) is 6.16 Å². The van der Waals surface area contributed by atoms with Crippen LogP contribution in [0.15, 0.2) is 91.0 Å². The first-order valence-corrected chi connectivity index (χ1v) is 8.43. The Morgan fingerprint density at radius 2 is 1.00 bits per heavy atom. The molecule has 0 amide bonds. The van der Waals surface area contributed by atoms with Crippen molar-refractivity contribution >= 4 is 8.03 Å². The predicted octanol–water partition coefficient (Wildman–Crippen LogP) is 5.27. The fourth-order valence-electron chi connectivity index (χ4n) is 2.00. The van der Waals surface area contributed by atoms with Gasteiger partial charge in [0.2, 0.25) is 6.16 Å². The first-order valence-electron chi connectivity index (χ1n) is 7.03. The summed E-state index contributed by atoms with van der Waals surface area (Å²) in [6, 6.07) is 30.0. The highest BCUT2D eigenvalue weighted by Crippen LogP contribution is 2.20. The first-order chi connectivity index (χ1) is 10.8. The molecule has 0 saturated carbocycles. The van der Waals surface area contributed by atoms with Gasteiger partial charge in [0.05, 0.1) is 0 Å². The molecule has 0 spiro atoms. The second-order valence-electron chi connectivity index (χ2n) is 4.73. The Morgan fingerprint density at radius 1 is 0.636 bits per heavy atom. The molecule has 0 fully saturated rings. The summed E-state index contributed by atoms with van der Waals surface area (Å²) in [4.78, 5) is 8.52. The molecule has 0 saturated heterocycles. The summed E-state index contributed by atoms with van der Waals surface area (Å²) in [5, 5.41) is 0. The van der Waals surface area contributed by atoms with Crippen LogP contribution in [0.2, 0.25) is 0 Å². The van der Waals surface area contributed by atoms with Crippen LogP contribution in [0.1, 0.15) is 5.56 Å². The van der Waals surface area contributed by atoms with Crippen LogP contribution >= 0.6 is 8.03 Å². The Bertz CT molecular complexity index is 645. The number of benzene rings is 3. The van der Waals surface area contributed by atoms with Crippen molar-refractivity contribution in [1.29, 1.82) is 0 Å². The molecule has 3 rings (SSSR count). The van der Waals surface area contributed by atoms with Crippen LogP contribution in [0.4, 0.5) is 0 Å². The van der Waals surface area contributed by atoms with Crippen LogP contribution in [0.5, 0.6) is 0 Å². The Morgan fingerprint density at radius 3 is 1.36 bits per heavy atom. The monoisotopic (exact) mass is 309 g/mol. The number of hydrogen-bond acceptors (Lipinski definition) is 1. The van der Waals surface area contributed by atoms with Gasteiger partial charge < -0.3 is 0 Å². The zero-order chi connectivity index (χ0) is 15.6. The molecule has 0 aliphatic heterocycles. The third kappa shape index (κ3) is 5.61. The molecule has 0 heterocycles. The summed E-state index contributed by atoms with van der Waals surface area (Å²) in [6.45, 7) is 0. The molecule has 1 unspecified atom stereocenters. The van der Waals surface area contributed by atoms with E-state index in [1.807, 2.05) is 42.5 Å². The van der Waals surface area contributed by atoms with Gasteiger partial charge in [0.25, 0.3) is 0 Å². The van der Waals surface area contributed by atoms with E-state index in [4.69, 9.17) is 4.89 Å².